The van der Waals surface area contributed by atoms with E-state index in [0.717, 1.165) is 5.75 Å². The fourth-order valence-electron chi connectivity index (χ4n) is 0.599. The molecule has 80 valence electrons. The molecule has 0 aliphatic heterocycles. The average Bonchev–Trinajstić information content (AvgIpc) is 2.11. The molecule has 0 bridgehead atoms. The van der Waals surface area contributed by atoms with Gasteiger partial charge in [0.05, 0.1) is 11.5 Å². The van der Waals surface area contributed by atoms with Gasteiger partial charge < -0.3 is 0 Å². The van der Waals surface area contributed by atoms with Crippen LogP contribution in [0.3, 0.4) is 0 Å². The van der Waals surface area contributed by atoms with E-state index < -0.39 is 9.84 Å². The summed E-state index contributed by atoms with van der Waals surface area (Å²) < 4.78 is 22.3. The molecule has 0 aromatic heterocycles. The molecule has 0 aliphatic rings. The fourth-order valence-corrected chi connectivity index (χ4v) is 3.03. The Morgan fingerprint density at radius 3 is 2.43 bits per heavy atom. The maximum atomic E-state index is 11.2. The molecule has 0 N–H and O–H groups in total. The number of rotatable bonds is 8. The van der Waals surface area contributed by atoms with Gasteiger partial charge in [0.1, 0.15) is 0 Å². The van der Waals surface area contributed by atoms with Crippen molar-refractivity contribution >= 4 is 31.4 Å². The van der Waals surface area contributed by atoms with Crippen LogP contribution in [0.15, 0.2) is 36.8 Å². The van der Waals surface area contributed by atoms with Crippen molar-refractivity contribution in [3.63, 3.8) is 0 Å². The van der Waals surface area contributed by atoms with Crippen LogP contribution in [0.2, 0.25) is 0 Å². The Kier molecular flexibility index (Phi) is 8.12. The maximum absolute atomic E-state index is 11.2. The van der Waals surface area contributed by atoms with Crippen molar-refractivity contribution in [1.82, 2.24) is 0 Å². The topological polar surface area (TPSA) is 34.1 Å². The Bertz CT molecular complexity index is 291. The lowest BCUT2D eigenvalue weighted by atomic mass is 10.7. The van der Waals surface area contributed by atoms with Crippen LogP contribution in [0, 0.1) is 0 Å². The first-order chi connectivity index (χ1) is 6.62. The zero-order valence-electron chi connectivity index (χ0n) is 7.89. The van der Waals surface area contributed by atoms with Crippen LogP contribution in [0.5, 0.6) is 0 Å². The Balaban J connectivity index is 3.70. The number of sulfone groups is 1. The van der Waals surface area contributed by atoms with E-state index in [-0.39, 0.29) is 11.5 Å². The monoisotopic (exact) mass is 250 g/mol. The molecule has 2 nitrogen and oxygen atoms in total. The first kappa shape index (κ1) is 13.9. The summed E-state index contributed by atoms with van der Waals surface area (Å²) in [6.07, 6.45) is 4.86. The molecule has 0 rings (SSSR count). The first-order valence-electron chi connectivity index (χ1n) is 3.98. The summed E-state index contributed by atoms with van der Waals surface area (Å²) >= 11 is 0. The van der Waals surface area contributed by atoms with E-state index in [2.05, 4.69) is 13.2 Å². The SMILES string of the molecule is C=CCSSC=CCS(=O)(=O)CC=C. The quantitative estimate of drug-likeness (QED) is 0.377. The predicted molar refractivity (Wildman–Crippen MR) is 68.2 cm³/mol. The van der Waals surface area contributed by atoms with Gasteiger partial charge in [0.2, 0.25) is 0 Å². The molecule has 14 heavy (non-hydrogen) atoms. The van der Waals surface area contributed by atoms with Crippen molar-refractivity contribution in [2.45, 2.75) is 0 Å². The predicted octanol–water partition coefficient (Wildman–Crippen LogP) is 2.67. The van der Waals surface area contributed by atoms with Gasteiger partial charge in [-0.15, -0.1) is 13.2 Å². The van der Waals surface area contributed by atoms with E-state index in [9.17, 15) is 8.42 Å². The van der Waals surface area contributed by atoms with Crippen LogP contribution in [0.25, 0.3) is 0 Å². The van der Waals surface area contributed by atoms with Gasteiger partial charge in [-0.1, -0.05) is 39.8 Å². The zero-order valence-corrected chi connectivity index (χ0v) is 10.3. The minimum atomic E-state index is -2.97. The second kappa shape index (κ2) is 8.20. The second-order valence-electron chi connectivity index (χ2n) is 2.41. The van der Waals surface area contributed by atoms with Crippen molar-refractivity contribution in [3.8, 4) is 0 Å². The molecule has 0 radical (unpaired) electrons. The molecular weight excluding hydrogens is 236 g/mol. The molecule has 0 aromatic carbocycles. The molecule has 0 fully saturated rings. The zero-order chi connectivity index (χ0) is 10.9. The highest BCUT2D eigenvalue weighted by molar-refractivity contribution is 8.77. The lowest BCUT2D eigenvalue weighted by Gasteiger charge is -1.94. The van der Waals surface area contributed by atoms with Gasteiger partial charge in [-0.3, -0.25) is 0 Å². The lowest BCUT2D eigenvalue weighted by molar-refractivity contribution is 0.602. The van der Waals surface area contributed by atoms with E-state index >= 15 is 0 Å². The highest BCUT2D eigenvalue weighted by Crippen LogP contribution is 2.21. The van der Waals surface area contributed by atoms with Crippen molar-refractivity contribution in [3.05, 3.63) is 36.8 Å². The molecular formula is C9H14O2S3. The molecule has 5 heteroatoms. The normalized spacial score (nSPS) is 11.7. The molecule has 0 aromatic rings. The first-order valence-corrected chi connectivity index (χ1v) is 8.18. The van der Waals surface area contributed by atoms with Gasteiger partial charge in [0.25, 0.3) is 0 Å². The van der Waals surface area contributed by atoms with Crippen molar-refractivity contribution < 1.29 is 8.42 Å². The summed E-state index contributed by atoms with van der Waals surface area (Å²) in [6, 6.07) is 0. The highest BCUT2D eigenvalue weighted by atomic mass is 33.1. The Morgan fingerprint density at radius 2 is 1.86 bits per heavy atom. The minimum absolute atomic E-state index is 0.0435. The molecule has 0 heterocycles. The molecule has 0 amide bonds. The third-order valence-electron chi connectivity index (χ3n) is 1.13. The fraction of sp³-hybridized carbons (Fsp3) is 0.333. The third kappa shape index (κ3) is 8.47. The van der Waals surface area contributed by atoms with Gasteiger partial charge in [-0.2, -0.15) is 0 Å². The van der Waals surface area contributed by atoms with Crippen molar-refractivity contribution in [2.24, 2.45) is 0 Å². The van der Waals surface area contributed by atoms with E-state index in [1.807, 2.05) is 0 Å². The summed E-state index contributed by atoms with van der Waals surface area (Å²) in [5.74, 6) is 0.983. The summed E-state index contributed by atoms with van der Waals surface area (Å²) in [5, 5.41) is 1.79. The average molecular weight is 250 g/mol. The van der Waals surface area contributed by atoms with Crippen LogP contribution in [-0.2, 0) is 9.84 Å². The molecule has 0 spiro atoms. The van der Waals surface area contributed by atoms with Crippen molar-refractivity contribution in [1.29, 1.82) is 0 Å². The Hall–Kier alpha value is -0.130. The van der Waals surface area contributed by atoms with Crippen LogP contribution in [0.1, 0.15) is 0 Å². The summed E-state index contributed by atoms with van der Waals surface area (Å²) in [5.41, 5.74) is 0. The second-order valence-corrected chi connectivity index (χ2v) is 6.88. The summed E-state index contributed by atoms with van der Waals surface area (Å²) in [6.45, 7) is 6.97. The molecule has 0 atom stereocenters. The van der Waals surface area contributed by atoms with Crippen LogP contribution >= 0.6 is 21.6 Å². The van der Waals surface area contributed by atoms with Gasteiger partial charge in [-0.25, -0.2) is 8.42 Å². The van der Waals surface area contributed by atoms with Gasteiger partial charge in [0.15, 0.2) is 9.84 Å². The molecule has 0 unspecified atom stereocenters. The standard InChI is InChI=1S/C9H14O2S3/c1-3-6-12-13-7-5-9-14(10,11)8-4-2/h3-5,7H,1-2,6,8-9H2. The van der Waals surface area contributed by atoms with Crippen LogP contribution in [-0.4, -0.2) is 25.7 Å². The molecule has 0 saturated carbocycles. The van der Waals surface area contributed by atoms with Crippen molar-refractivity contribution in [2.75, 3.05) is 17.3 Å². The van der Waals surface area contributed by atoms with Crippen LogP contribution in [0.4, 0.5) is 0 Å². The molecule has 0 aliphatic carbocycles. The number of hydrogen-bond donors (Lipinski definition) is 0. The summed E-state index contributed by atoms with van der Waals surface area (Å²) in [4.78, 5) is 0. The van der Waals surface area contributed by atoms with E-state index in [4.69, 9.17) is 0 Å². The Morgan fingerprint density at radius 1 is 1.14 bits per heavy atom. The van der Waals surface area contributed by atoms with E-state index in [0.29, 0.717) is 0 Å². The van der Waals surface area contributed by atoms with Gasteiger partial charge in [0, 0.05) is 5.75 Å². The van der Waals surface area contributed by atoms with Gasteiger partial charge >= 0.3 is 0 Å². The Labute approximate surface area is 93.9 Å². The maximum Gasteiger partial charge on any atom is 0.157 e. The third-order valence-corrected chi connectivity index (χ3v) is 4.53. The minimum Gasteiger partial charge on any atom is -0.228 e. The summed E-state index contributed by atoms with van der Waals surface area (Å²) in [7, 11) is 0.153. The largest absolute Gasteiger partial charge is 0.228 e. The lowest BCUT2D eigenvalue weighted by Crippen LogP contribution is -2.06. The smallest absolute Gasteiger partial charge is 0.157 e. The van der Waals surface area contributed by atoms with Crippen LogP contribution < -0.4 is 0 Å². The van der Waals surface area contributed by atoms with Gasteiger partial charge in [-0.05, 0) is 5.41 Å². The molecule has 0 saturated heterocycles. The van der Waals surface area contributed by atoms with E-state index in [1.165, 1.54) is 16.9 Å². The highest BCUT2D eigenvalue weighted by Gasteiger charge is 2.03. The number of hydrogen-bond acceptors (Lipinski definition) is 4. The van der Waals surface area contributed by atoms with E-state index in [1.54, 1.807) is 28.4 Å².